The van der Waals surface area contributed by atoms with Gasteiger partial charge in [0.2, 0.25) is 0 Å². The predicted octanol–water partition coefficient (Wildman–Crippen LogP) is 15.6. The second-order valence-electron chi connectivity index (χ2n) is 32.9. The Labute approximate surface area is 656 Å². The standard InChI is InChI=1S/C18H30O2.C18H15S.C16H26O3.C13H18O5.C12H27NO6.C4HF9O3S/c1-5-17(3,4)16(19)20-18(6-2)14-8-12-7-13(10-14)11-15(18)9-12;1-4-10-16(11-5-1)19(17-12-6-2-7-13-17)18-14-8-3-9-15-18;1-4-14(2,3)13(17)19-16-8-11-5-12(9-16)7-15(18,6-11)10-16;1-4-13(2,3)12(15)18-9-7-5-6-8(16-7)10(9)17-11(6)14;1-14-10-17-7-4-13(5-8-18-11-15-2)6-9-19-12-16-3;5-1(6,3(9,10)11)2(7,8)4(12,13)17(14,15)16/h12-15H,5-11H2,1-4H3;1-15H;11-12,18H,4-10H2,1-3H3;6-10H,4-5H2,1-3H3;4-12H2,1-3H3;(H,14,15,16)/q;+1;;;;/p-1. The summed E-state index contributed by atoms with van der Waals surface area (Å²) >= 11 is 0. The van der Waals surface area contributed by atoms with Crippen LogP contribution in [0.2, 0.25) is 0 Å². The van der Waals surface area contributed by atoms with E-state index in [1.807, 2.05) is 55.4 Å². The third-order valence-electron chi connectivity index (χ3n) is 23.6. The number of halogens is 9. The van der Waals surface area contributed by atoms with Crippen LogP contribution < -0.4 is 0 Å². The zero-order valence-corrected chi connectivity index (χ0v) is 68.3. The van der Waals surface area contributed by atoms with Crippen molar-refractivity contribution < 1.29 is 129 Å². The molecule has 10 bridgehead atoms. The highest BCUT2D eigenvalue weighted by molar-refractivity contribution is 7.97. The average Bonchev–Trinajstić information content (AvgIpc) is 1.70. The predicted molar refractivity (Wildman–Crippen MR) is 395 cm³/mol. The molecule has 3 aliphatic heterocycles. The zero-order chi connectivity index (χ0) is 83.1. The van der Waals surface area contributed by atoms with E-state index < -0.39 is 62.0 Å². The molecule has 0 radical (unpaired) electrons. The molecule has 634 valence electrons. The van der Waals surface area contributed by atoms with Crippen molar-refractivity contribution in [1.29, 1.82) is 0 Å². The van der Waals surface area contributed by atoms with E-state index >= 15 is 0 Å². The maximum atomic E-state index is 12.6. The van der Waals surface area contributed by atoms with Crippen molar-refractivity contribution in [3.63, 3.8) is 0 Å². The summed E-state index contributed by atoms with van der Waals surface area (Å²) in [5, 5.41) is 3.54. The van der Waals surface area contributed by atoms with E-state index in [0.717, 1.165) is 76.4 Å². The second kappa shape index (κ2) is 39.4. The molecule has 20 nitrogen and oxygen atoms in total. The summed E-state index contributed by atoms with van der Waals surface area (Å²) in [6.07, 6.45) is 7.95. The highest BCUT2D eigenvalue weighted by Crippen LogP contribution is 2.62. The highest BCUT2D eigenvalue weighted by atomic mass is 32.2. The zero-order valence-electron chi connectivity index (χ0n) is 66.6. The first-order chi connectivity index (χ1) is 52.4. The summed E-state index contributed by atoms with van der Waals surface area (Å²) in [5.41, 5.74) is -2.30. The Kier molecular flexibility index (Phi) is 33.0. The van der Waals surface area contributed by atoms with Gasteiger partial charge in [-0.25, -0.2) is 8.42 Å². The quantitative estimate of drug-likeness (QED) is 0.0119. The lowest BCUT2D eigenvalue weighted by Gasteiger charge is -2.60. The molecular formula is C81H116F9NO19S2. The van der Waals surface area contributed by atoms with E-state index in [2.05, 4.69) is 110 Å². The number of hydrogen-bond donors (Lipinski definition) is 1. The molecule has 1 N–H and O–H groups in total. The van der Waals surface area contributed by atoms with Crippen LogP contribution >= 0.6 is 0 Å². The van der Waals surface area contributed by atoms with E-state index in [-0.39, 0.29) is 69.5 Å². The van der Waals surface area contributed by atoms with Gasteiger partial charge < -0.3 is 61.8 Å². The summed E-state index contributed by atoms with van der Waals surface area (Å²) in [6.45, 7) is 25.1. The first kappa shape index (κ1) is 94.0. The number of rotatable bonds is 31. The first-order valence-corrected chi connectivity index (χ1v) is 41.3. The van der Waals surface area contributed by atoms with E-state index in [4.69, 9.17) is 52.1 Å². The molecule has 3 aromatic carbocycles. The van der Waals surface area contributed by atoms with Crippen LogP contribution in [0.4, 0.5) is 39.5 Å². The van der Waals surface area contributed by atoms with Gasteiger partial charge in [-0.2, -0.15) is 39.5 Å². The Hall–Kier alpha value is -5.19. The molecule has 11 fully saturated rings. The van der Waals surface area contributed by atoms with E-state index in [0.29, 0.717) is 83.1 Å². The minimum atomic E-state index is -7.43. The number of methoxy groups -OCH3 is 3. The Balaban J connectivity index is 0.000000187. The van der Waals surface area contributed by atoms with Gasteiger partial charge in [0.15, 0.2) is 37.0 Å². The Morgan fingerprint density at radius 3 is 1.31 bits per heavy atom. The molecule has 7 atom stereocenters. The maximum Gasteiger partial charge on any atom is 0.460 e. The van der Waals surface area contributed by atoms with Gasteiger partial charge >= 0.3 is 47.2 Å². The molecule has 11 aliphatic rings. The van der Waals surface area contributed by atoms with Crippen molar-refractivity contribution in [3.05, 3.63) is 91.0 Å². The van der Waals surface area contributed by atoms with Crippen LogP contribution in [-0.4, -0.2) is 193 Å². The molecule has 7 unspecified atom stereocenters. The van der Waals surface area contributed by atoms with Crippen LogP contribution in [0.15, 0.2) is 106 Å². The fourth-order valence-electron chi connectivity index (χ4n) is 16.7. The van der Waals surface area contributed by atoms with E-state index in [1.165, 1.54) is 53.2 Å². The molecule has 112 heavy (non-hydrogen) atoms. The molecule has 3 aromatic rings. The second-order valence-corrected chi connectivity index (χ2v) is 36.3. The molecule has 0 amide bonds. The molecule has 31 heteroatoms. The molecule has 8 aliphatic carbocycles. The molecule has 8 saturated carbocycles. The average molecular weight is 1640 g/mol. The third-order valence-corrected chi connectivity index (χ3v) is 26.7. The monoisotopic (exact) mass is 1640 g/mol. The lowest BCUT2D eigenvalue weighted by atomic mass is 9.49. The van der Waals surface area contributed by atoms with Gasteiger partial charge in [-0.3, -0.25) is 24.1 Å². The van der Waals surface area contributed by atoms with Crippen molar-refractivity contribution in [2.45, 2.75) is 251 Å². The molecule has 3 heterocycles. The number of carbonyl (C=O) groups is 4. The van der Waals surface area contributed by atoms with Crippen molar-refractivity contribution in [1.82, 2.24) is 4.90 Å². The van der Waals surface area contributed by atoms with Gasteiger partial charge in [0.05, 0.1) is 64.6 Å². The summed E-state index contributed by atoms with van der Waals surface area (Å²) in [7, 11) is -2.61. The summed E-state index contributed by atoms with van der Waals surface area (Å²) in [6, 6.07) is 32.2. The van der Waals surface area contributed by atoms with Gasteiger partial charge in [-0.1, -0.05) is 82.3 Å². The Morgan fingerprint density at radius 2 is 0.946 bits per heavy atom. The lowest BCUT2D eigenvalue weighted by Crippen LogP contribution is -2.63. The fraction of sp³-hybridized carbons (Fsp3) is 0.728. The number of fused-ring (bicyclic) bond motifs is 1. The molecule has 0 spiro atoms. The highest BCUT2D eigenvalue weighted by Gasteiger charge is 2.84. The number of nitrogens with zero attached hydrogens (tertiary/aromatic N) is 1. The Morgan fingerprint density at radius 1 is 0.554 bits per heavy atom. The van der Waals surface area contributed by atoms with Gasteiger partial charge in [-0.05, 0) is 210 Å². The van der Waals surface area contributed by atoms with Gasteiger partial charge in [0.25, 0.3) is 0 Å². The maximum absolute atomic E-state index is 12.6. The smallest absolute Gasteiger partial charge is 0.460 e. The van der Waals surface area contributed by atoms with Crippen LogP contribution in [0.1, 0.15) is 172 Å². The fourth-order valence-corrected chi connectivity index (χ4v) is 19.3. The van der Waals surface area contributed by atoms with Crippen molar-refractivity contribution >= 4 is 44.9 Å². The summed E-state index contributed by atoms with van der Waals surface area (Å²) in [5.74, 6) is -11.2. The first-order valence-electron chi connectivity index (χ1n) is 38.6. The van der Waals surface area contributed by atoms with E-state index in [1.54, 1.807) is 21.3 Å². The number of aliphatic hydroxyl groups is 1. The normalized spacial score (nSPS) is 27.9. The molecule has 0 aromatic heterocycles. The number of ether oxygens (including phenoxy) is 11. The van der Waals surface area contributed by atoms with Crippen molar-refractivity contribution in [3.8, 4) is 0 Å². The van der Waals surface area contributed by atoms with Crippen LogP contribution in [0.25, 0.3) is 0 Å². The summed E-state index contributed by atoms with van der Waals surface area (Å²) < 4.78 is 194. The topological polar surface area (TPSA) is 250 Å². The molecular weight excluding hydrogens is 1530 g/mol. The molecule has 14 rings (SSSR count). The largest absolute Gasteiger partial charge is 0.743 e. The minimum absolute atomic E-state index is 0.0146. The number of alkyl halides is 9. The Bertz CT molecular complexity index is 3420. The van der Waals surface area contributed by atoms with Crippen LogP contribution in [0.5, 0.6) is 0 Å². The third kappa shape index (κ3) is 22.8. The van der Waals surface area contributed by atoms with Crippen LogP contribution in [-0.2, 0) is 92.3 Å². The van der Waals surface area contributed by atoms with Crippen molar-refractivity contribution in [2.24, 2.45) is 57.7 Å². The number of esters is 4. The van der Waals surface area contributed by atoms with Gasteiger partial charge in [0, 0.05) is 47.4 Å². The minimum Gasteiger partial charge on any atom is -0.743 e. The van der Waals surface area contributed by atoms with Crippen molar-refractivity contribution in [2.75, 3.05) is 81.2 Å². The number of carbonyl (C=O) groups excluding carboxylic acids is 4. The van der Waals surface area contributed by atoms with Gasteiger partial charge in [-0.15, -0.1) is 0 Å². The lowest BCUT2D eigenvalue weighted by molar-refractivity contribution is -0.382. The number of hydrogen-bond acceptors (Lipinski definition) is 20. The van der Waals surface area contributed by atoms with E-state index in [9.17, 15) is 76.8 Å². The van der Waals surface area contributed by atoms with Crippen LogP contribution in [0.3, 0.4) is 0 Å². The summed E-state index contributed by atoms with van der Waals surface area (Å²) in [4.78, 5) is 54.9. The molecule has 3 saturated heterocycles. The number of benzene rings is 3. The van der Waals surface area contributed by atoms with Gasteiger partial charge in [0.1, 0.15) is 37.7 Å². The van der Waals surface area contributed by atoms with Crippen LogP contribution in [0, 0.1) is 57.7 Å². The SMILES string of the molecule is CCC(C)(C)C(=O)OC1(CC)C2CC3CC(C2)CC1C3.CCC(C)(C)C(=O)OC12CC3CC(CC(O)(C3)C1)C2.CCC(C)(C)C(=O)OC1C2CC3C(=O)OC1C3O2.COCOCCN(CCOCOC)CCOCOC.O=S(=O)([O-])C(F)(F)C(F)(F)C(F)(F)C(F)(F)F.c1ccc([S+](c2ccccc2)c2ccccc2)cc1.